The van der Waals surface area contributed by atoms with Gasteiger partial charge in [0.25, 0.3) is 0 Å². The minimum absolute atomic E-state index is 0.208. The Hall–Kier alpha value is -0.540. The first-order valence-corrected chi connectivity index (χ1v) is 5.40. The minimum atomic E-state index is -0.445. The van der Waals surface area contributed by atoms with Crippen LogP contribution in [-0.2, 0) is 0 Å². The average Bonchev–Trinajstić information content (AvgIpc) is 2.12. The number of hydrogen-bond acceptors (Lipinski definition) is 2. The molecule has 1 aromatic rings. The first-order chi connectivity index (χ1) is 6.50. The maximum Gasteiger partial charge on any atom is 0.126 e. The highest BCUT2D eigenvalue weighted by atomic mass is 79.9. The quantitative estimate of drug-likeness (QED) is 0.774. The summed E-state index contributed by atoms with van der Waals surface area (Å²) in [4.78, 5) is 0. The standard InChI is InChI=1S/C11H13BrO2/c1-11(2)6-14-9-5-7(12)3-4-8(9)10(11)13/h3-5,10,13H,6H2,1-2H3. The molecule has 1 aliphatic heterocycles. The molecule has 1 unspecified atom stereocenters. The van der Waals surface area contributed by atoms with Gasteiger partial charge in [-0.15, -0.1) is 0 Å². The smallest absolute Gasteiger partial charge is 0.126 e. The van der Waals surface area contributed by atoms with Crippen molar-refractivity contribution in [3.63, 3.8) is 0 Å². The summed E-state index contributed by atoms with van der Waals surface area (Å²) in [6.45, 7) is 4.56. The van der Waals surface area contributed by atoms with Crippen molar-refractivity contribution in [3.05, 3.63) is 28.2 Å². The van der Waals surface area contributed by atoms with Crippen molar-refractivity contribution >= 4 is 15.9 Å². The molecule has 0 radical (unpaired) electrons. The van der Waals surface area contributed by atoms with E-state index in [1.165, 1.54) is 0 Å². The van der Waals surface area contributed by atoms with Crippen LogP contribution in [0, 0.1) is 5.41 Å². The van der Waals surface area contributed by atoms with Crippen molar-refractivity contribution < 1.29 is 9.84 Å². The largest absolute Gasteiger partial charge is 0.492 e. The SMILES string of the molecule is CC1(C)COc2cc(Br)ccc2C1O. The highest BCUT2D eigenvalue weighted by Crippen LogP contribution is 2.43. The second-order valence-electron chi connectivity index (χ2n) is 4.36. The zero-order valence-corrected chi connectivity index (χ0v) is 9.84. The second-order valence-corrected chi connectivity index (χ2v) is 5.28. The van der Waals surface area contributed by atoms with Crippen LogP contribution in [0.3, 0.4) is 0 Å². The van der Waals surface area contributed by atoms with Gasteiger partial charge in [-0.25, -0.2) is 0 Å². The van der Waals surface area contributed by atoms with E-state index >= 15 is 0 Å². The number of aliphatic hydroxyl groups is 1. The third-order valence-electron chi connectivity index (χ3n) is 2.61. The van der Waals surface area contributed by atoms with E-state index in [9.17, 15) is 5.11 Å². The number of rotatable bonds is 0. The van der Waals surface area contributed by atoms with Gasteiger partial charge in [-0.05, 0) is 12.1 Å². The lowest BCUT2D eigenvalue weighted by Gasteiger charge is -2.36. The summed E-state index contributed by atoms with van der Waals surface area (Å²) in [5, 5.41) is 10.1. The van der Waals surface area contributed by atoms with Crippen molar-refractivity contribution in [3.8, 4) is 5.75 Å². The lowest BCUT2D eigenvalue weighted by Crippen LogP contribution is -2.33. The van der Waals surface area contributed by atoms with Gasteiger partial charge in [0.15, 0.2) is 0 Å². The van der Waals surface area contributed by atoms with Crippen LogP contribution in [-0.4, -0.2) is 11.7 Å². The van der Waals surface area contributed by atoms with Gasteiger partial charge < -0.3 is 9.84 Å². The molecule has 1 N–H and O–H groups in total. The fraction of sp³-hybridized carbons (Fsp3) is 0.455. The molecule has 0 bridgehead atoms. The van der Waals surface area contributed by atoms with Gasteiger partial charge in [-0.3, -0.25) is 0 Å². The highest BCUT2D eigenvalue weighted by molar-refractivity contribution is 9.10. The molecule has 1 aliphatic rings. The monoisotopic (exact) mass is 256 g/mol. The molecule has 0 saturated heterocycles. The fourth-order valence-electron chi connectivity index (χ4n) is 1.62. The number of benzene rings is 1. The predicted molar refractivity (Wildman–Crippen MR) is 58.4 cm³/mol. The third kappa shape index (κ3) is 1.55. The van der Waals surface area contributed by atoms with Gasteiger partial charge in [0.1, 0.15) is 5.75 Å². The van der Waals surface area contributed by atoms with Gasteiger partial charge in [0.2, 0.25) is 0 Å². The Morgan fingerprint density at radius 2 is 2.21 bits per heavy atom. The van der Waals surface area contributed by atoms with Crippen molar-refractivity contribution in [2.45, 2.75) is 20.0 Å². The topological polar surface area (TPSA) is 29.5 Å². The van der Waals surface area contributed by atoms with Crippen LogP contribution in [0.15, 0.2) is 22.7 Å². The molecule has 0 fully saturated rings. The third-order valence-corrected chi connectivity index (χ3v) is 3.10. The van der Waals surface area contributed by atoms with Gasteiger partial charge in [0.05, 0.1) is 12.7 Å². The Kier molecular flexibility index (Phi) is 2.32. The number of aliphatic hydroxyl groups excluding tert-OH is 1. The van der Waals surface area contributed by atoms with E-state index in [2.05, 4.69) is 15.9 Å². The van der Waals surface area contributed by atoms with E-state index in [0.717, 1.165) is 15.8 Å². The van der Waals surface area contributed by atoms with Crippen LogP contribution >= 0.6 is 15.9 Å². The summed E-state index contributed by atoms with van der Waals surface area (Å²) in [6.07, 6.45) is -0.445. The zero-order chi connectivity index (χ0) is 10.3. The predicted octanol–water partition coefficient (Wildman–Crippen LogP) is 2.90. The van der Waals surface area contributed by atoms with Gasteiger partial charge in [-0.2, -0.15) is 0 Å². The number of fused-ring (bicyclic) bond motifs is 1. The average molecular weight is 257 g/mol. The summed E-state index contributed by atoms with van der Waals surface area (Å²) in [5.41, 5.74) is 0.672. The first kappa shape index (κ1) is 9.99. The van der Waals surface area contributed by atoms with E-state index in [0.29, 0.717) is 6.61 Å². The molecular formula is C11H13BrO2. The highest BCUT2D eigenvalue weighted by Gasteiger charge is 2.35. The molecule has 76 valence electrons. The van der Waals surface area contributed by atoms with Gasteiger partial charge in [-0.1, -0.05) is 35.8 Å². The molecule has 0 aromatic heterocycles. The normalized spacial score (nSPS) is 23.9. The van der Waals surface area contributed by atoms with Crippen molar-refractivity contribution in [2.75, 3.05) is 6.61 Å². The maximum atomic E-state index is 10.1. The summed E-state index contributed by atoms with van der Waals surface area (Å²) < 4.78 is 6.58. The Balaban J connectivity index is 2.46. The maximum absolute atomic E-state index is 10.1. The summed E-state index contributed by atoms with van der Waals surface area (Å²) in [7, 11) is 0. The summed E-state index contributed by atoms with van der Waals surface area (Å²) in [5.74, 6) is 0.784. The number of halogens is 1. The van der Waals surface area contributed by atoms with Gasteiger partial charge >= 0.3 is 0 Å². The summed E-state index contributed by atoms with van der Waals surface area (Å²) >= 11 is 3.38. The van der Waals surface area contributed by atoms with E-state index in [-0.39, 0.29) is 5.41 Å². The molecule has 1 atom stereocenters. The van der Waals surface area contributed by atoms with E-state index < -0.39 is 6.10 Å². The van der Waals surface area contributed by atoms with Crippen molar-refractivity contribution in [1.82, 2.24) is 0 Å². The van der Waals surface area contributed by atoms with Gasteiger partial charge in [0, 0.05) is 15.5 Å². The number of ether oxygens (including phenoxy) is 1. The Labute approximate surface area is 92.0 Å². The molecule has 0 saturated carbocycles. The van der Waals surface area contributed by atoms with Crippen molar-refractivity contribution in [2.24, 2.45) is 5.41 Å². The van der Waals surface area contributed by atoms with Crippen LogP contribution in [0.4, 0.5) is 0 Å². The molecule has 3 heteroatoms. The molecule has 2 rings (SSSR count). The lowest BCUT2D eigenvalue weighted by atomic mass is 9.81. The van der Waals surface area contributed by atoms with Crippen molar-refractivity contribution in [1.29, 1.82) is 0 Å². The molecule has 0 amide bonds. The van der Waals surface area contributed by atoms with E-state index in [4.69, 9.17) is 4.74 Å². The fourth-order valence-corrected chi connectivity index (χ4v) is 1.96. The van der Waals surface area contributed by atoms with Crippen LogP contribution in [0.1, 0.15) is 25.5 Å². The Morgan fingerprint density at radius 1 is 1.50 bits per heavy atom. The molecule has 2 nitrogen and oxygen atoms in total. The van der Waals surface area contributed by atoms with Crippen LogP contribution in [0.25, 0.3) is 0 Å². The summed E-state index contributed by atoms with van der Waals surface area (Å²) in [6, 6.07) is 5.73. The Bertz CT molecular complexity index is 360. The minimum Gasteiger partial charge on any atom is -0.492 e. The lowest BCUT2D eigenvalue weighted by molar-refractivity contribution is -0.00722. The van der Waals surface area contributed by atoms with Crippen LogP contribution < -0.4 is 4.74 Å². The Morgan fingerprint density at radius 3 is 2.93 bits per heavy atom. The molecule has 0 aliphatic carbocycles. The molecule has 14 heavy (non-hydrogen) atoms. The second kappa shape index (κ2) is 3.24. The molecule has 1 aromatic carbocycles. The molecule has 0 spiro atoms. The zero-order valence-electron chi connectivity index (χ0n) is 8.25. The van der Waals surface area contributed by atoms with Crippen LogP contribution in [0.2, 0.25) is 0 Å². The number of hydrogen-bond donors (Lipinski definition) is 1. The van der Waals surface area contributed by atoms with Crippen LogP contribution in [0.5, 0.6) is 5.75 Å². The first-order valence-electron chi connectivity index (χ1n) is 4.61. The van der Waals surface area contributed by atoms with E-state index in [1.54, 1.807) is 0 Å². The molecular weight excluding hydrogens is 244 g/mol. The van der Waals surface area contributed by atoms with E-state index in [1.807, 2.05) is 32.0 Å². The molecule has 1 heterocycles.